The van der Waals surface area contributed by atoms with Gasteiger partial charge >= 0.3 is 0 Å². The van der Waals surface area contributed by atoms with Gasteiger partial charge in [-0.25, -0.2) is 4.98 Å². The van der Waals surface area contributed by atoms with Crippen LogP contribution in [0, 0.1) is 5.41 Å². The Labute approximate surface area is 179 Å². The van der Waals surface area contributed by atoms with Crippen LogP contribution in [0.5, 0.6) is 5.75 Å². The Morgan fingerprint density at radius 3 is 2.74 bits per heavy atom. The average Bonchev–Trinajstić information content (AvgIpc) is 3.22. The highest BCUT2D eigenvalue weighted by molar-refractivity contribution is 6.00. The predicted molar refractivity (Wildman–Crippen MR) is 119 cm³/mol. The summed E-state index contributed by atoms with van der Waals surface area (Å²) < 4.78 is 5.16. The number of nitrogen functional groups attached to an aromatic ring is 1. The molecule has 5 N–H and O–H groups in total. The standard InChI is InChI=1S/C23H22N6O2/c1-31-16-7-4-14(5-8-16)10-12-27-23(30)17-3-2-11-26-20(17)22-28-18-9-6-15(21(24)25)13-19(18)29-22/h2-9,11,13H,10,12H2,1H3,(H3,24,25)(H,27,30)(H,28,29). The predicted octanol–water partition coefficient (Wildman–Crippen LogP) is 2.89. The van der Waals surface area contributed by atoms with Gasteiger partial charge in [0.05, 0.1) is 23.7 Å². The Morgan fingerprint density at radius 1 is 1.19 bits per heavy atom. The van der Waals surface area contributed by atoms with Crippen molar-refractivity contribution in [1.29, 1.82) is 5.41 Å². The molecule has 0 aliphatic carbocycles. The summed E-state index contributed by atoms with van der Waals surface area (Å²) in [6.45, 7) is 0.488. The number of aromatic nitrogens is 3. The summed E-state index contributed by atoms with van der Waals surface area (Å²) in [6, 6.07) is 16.5. The van der Waals surface area contributed by atoms with Crippen LogP contribution in [-0.4, -0.2) is 40.3 Å². The van der Waals surface area contributed by atoms with Gasteiger partial charge in [-0.2, -0.15) is 0 Å². The number of hydrogen-bond acceptors (Lipinski definition) is 5. The number of amidine groups is 1. The lowest BCUT2D eigenvalue weighted by Crippen LogP contribution is -2.26. The molecule has 0 bridgehead atoms. The van der Waals surface area contributed by atoms with Gasteiger partial charge in [0, 0.05) is 18.3 Å². The molecule has 2 aromatic heterocycles. The Hall–Kier alpha value is -4.20. The van der Waals surface area contributed by atoms with Gasteiger partial charge in [-0.15, -0.1) is 0 Å². The minimum atomic E-state index is -0.221. The van der Waals surface area contributed by atoms with E-state index in [1.54, 1.807) is 43.6 Å². The zero-order valence-corrected chi connectivity index (χ0v) is 17.0. The lowest BCUT2D eigenvalue weighted by molar-refractivity contribution is 0.0954. The van der Waals surface area contributed by atoms with Crippen molar-refractivity contribution in [1.82, 2.24) is 20.3 Å². The highest BCUT2D eigenvalue weighted by atomic mass is 16.5. The molecule has 2 aromatic carbocycles. The van der Waals surface area contributed by atoms with E-state index in [2.05, 4.69) is 20.3 Å². The molecule has 8 nitrogen and oxygen atoms in total. The molecule has 0 unspecified atom stereocenters. The molecule has 0 aliphatic heterocycles. The first-order chi connectivity index (χ1) is 15.0. The van der Waals surface area contributed by atoms with Gasteiger partial charge in [-0.05, 0) is 54.4 Å². The van der Waals surface area contributed by atoms with Crippen LogP contribution in [0.25, 0.3) is 22.6 Å². The number of pyridine rings is 1. The van der Waals surface area contributed by atoms with Crippen LogP contribution in [0.3, 0.4) is 0 Å². The molecule has 0 fully saturated rings. The molecular weight excluding hydrogens is 392 g/mol. The number of nitrogens with one attached hydrogen (secondary N) is 3. The van der Waals surface area contributed by atoms with Crippen LogP contribution in [0.15, 0.2) is 60.8 Å². The van der Waals surface area contributed by atoms with Crippen molar-refractivity contribution in [2.75, 3.05) is 13.7 Å². The highest BCUT2D eigenvalue weighted by Gasteiger charge is 2.17. The van der Waals surface area contributed by atoms with E-state index in [0.29, 0.717) is 41.1 Å². The van der Waals surface area contributed by atoms with E-state index in [1.807, 2.05) is 24.3 Å². The zero-order chi connectivity index (χ0) is 21.8. The second-order valence-electron chi connectivity index (χ2n) is 6.98. The number of aromatic amines is 1. The summed E-state index contributed by atoms with van der Waals surface area (Å²) in [5, 5.41) is 10.5. The quantitative estimate of drug-likeness (QED) is 0.273. The number of amides is 1. The molecule has 156 valence electrons. The third kappa shape index (κ3) is 4.37. The van der Waals surface area contributed by atoms with Gasteiger partial charge < -0.3 is 20.8 Å². The lowest BCUT2D eigenvalue weighted by atomic mass is 10.1. The molecule has 0 saturated heterocycles. The molecule has 0 radical (unpaired) electrons. The maximum atomic E-state index is 12.8. The molecular formula is C23H22N6O2. The van der Waals surface area contributed by atoms with Crippen molar-refractivity contribution in [3.05, 3.63) is 77.5 Å². The van der Waals surface area contributed by atoms with Crippen LogP contribution < -0.4 is 15.8 Å². The molecule has 4 rings (SSSR count). The van der Waals surface area contributed by atoms with Crippen molar-refractivity contribution in [2.24, 2.45) is 5.73 Å². The number of rotatable bonds is 7. The molecule has 0 atom stereocenters. The molecule has 4 aromatic rings. The van der Waals surface area contributed by atoms with E-state index in [9.17, 15) is 4.79 Å². The van der Waals surface area contributed by atoms with Crippen molar-refractivity contribution in [3.63, 3.8) is 0 Å². The topological polar surface area (TPSA) is 130 Å². The fourth-order valence-corrected chi connectivity index (χ4v) is 3.27. The number of H-pyrrole nitrogens is 1. The Morgan fingerprint density at radius 2 is 2.00 bits per heavy atom. The summed E-state index contributed by atoms with van der Waals surface area (Å²) in [6.07, 6.45) is 2.32. The maximum Gasteiger partial charge on any atom is 0.253 e. The molecule has 31 heavy (non-hydrogen) atoms. The molecule has 0 saturated carbocycles. The Balaban J connectivity index is 1.51. The van der Waals surface area contributed by atoms with Gasteiger partial charge in [0.1, 0.15) is 17.3 Å². The van der Waals surface area contributed by atoms with E-state index < -0.39 is 0 Å². The van der Waals surface area contributed by atoms with Crippen molar-refractivity contribution in [3.8, 4) is 17.3 Å². The number of nitrogens with zero attached hydrogens (tertiary/aromatic N) is 2. The van der Waals surface area contributed by atoms with E-state index >= 15 is 0 Å². The summed E-state index contributed by atoms with van der Waals surface area (Å²) in [5.74, 6) is 1.04. The number of benzene rings is 2. The average molecular weight is 414 g/mol. The van der Waals surface area contributed by atoms with Gasteiger partial charge in [0.25, 0.3) is 5.91 Å². The van der Waals surface area contributed by atoms with Gasteiger partial charge in [-0.1, -0.05) is 12.1 Å². The monoisotopic (exact) mass is 414 g/mol. The number of fused-ring (bicyclic) bond motifs is 1. The number of nitrogens with two attached hydrogens (primary N) is 1. The zero-order valence-electron chi connectivity index (χ0n) is 17.0. The van der Waals surface area contributed by atoms with Crippen LogP contribution in [0.4, 0.5) is 0 Å². The molecule has 0 aliphatic rings. The van der Waals surface area contributed by atoms with Crippen LogP contribution in [-0.2, 0) is 6.42 Å². The van der Waals surface area contributed by atoms with Gasteiger partial charge in [0.2, 0.25) is 0 Å². The Kier molecular flexibility index (Phi) is 5.61. The number of hydrogen-bond donors (Lipinski definition) is 4. The van der Waals surface area contributed by atoms with E-state index in [4.69, 9.17) is 15.9 Å². The largest absolute Gasteiger partial charge is 0.497 e. The first-order valence-electron chi connectivity index (χ1n) is 9.76. The number of imidazole rings is 1. The van der Waals surface area contributed by atoms with Crippen LogP contribution >= 0.6 is 0 Å². The summed E-state index contributed by atoms with van der Waals surface area (Å²) in [5.41, 5.74) is 9.59. The normalized spacial score (nSPS) is 10.7. The van der Waals surface area contributed by atoms with E-state index in [0.717, 1.165) is 16.8 Å². The fraction of sp³-hybridized carbons (Fsp3) is 0.130. The maximum absolute atomic E-state index is 12.8. The number of methoxy groups -OCH3 is 1. The number of carbonyl (C=O) groups excluding carboxylic acids is 1. The van der Waals surface area contributed by atoms with Crippen molar-refractivity contribution >= 4 is 22.8 Å². The van der Waals surface area contributed by atoms with Crippen molar-refractivity contribution < 1.29 is 9.53 Å². The fourth-order valence-electron chi connectivity index (χ4n) is 3.27. The molecule has 8 heteroatoms. The minimum absolute atomic E-state index is 0.0205. The van der Waals surface area contributed by atoms with Crippen molar-refractivity contribution in [2.45, 2.75) is 6.42 Å². The van der Waals surface area contributed by atoms with Crippen LogP contribution in [0.2, 0.25) is 0 Å². The summed E-state index contributed by atoms with van der Waals surface area (Å²) >= 11 is 0. The second-order valence-corrected chi connectivity index (χ2v) is 6.98. The first kappa shape index (κ1) is 20.1. The Bertz CT molecular complexity index is 1250. The SMILES string of the molecule is COc1ccc(CCNC(=O)c2cccnc2-c2nc3ccc(C(=N)N)cc3[nH]2)cc1. The molecule has 2 heterocycles. The lowest BCUT2D eigenvalue weighted by Gasteiger charge is -2.08. The smallest absolute Gasteiger partial charge is 0.253 e. The van der Waals surface area contributed by atoms with Gasteiger partial charge in [0.15, 0.2) is 5.82 Å². The molecule has 1 amide bonds. The van der Waals surface area contributed by atoms with Crippen LogP contribution in [0.1, 0.15) is 21.5 Å². The number of ether oxygens (including phenoxy) is 1. The van der Waals surface area contributed by atoms with E-state index in [-0.39, 0.29) is 11.7 Å². The summed E-state index contributed by atoms with van der Waals surface area (Å²) in [4.78, 5) is 24.9. The highest BCUT2D eigenvalue weighted by Crippen LogP contribution is 2.23. The summed E-state index contributed by atoms with van der Waals surface area (Å²) in [7, 11) is 1.63. The molecule has 0 spiro atoms. The third-order valence-corrected chi connectivity index (χ3v) is 4.93. The first-order valence-corrected chi connectivity index (χ1v) is 9.76. The number of carbonyl (C=O) groups is 1. The van der Waals surface area contributed by atoms with E-state index in [1.165, 1.54) is 0 Å². The second kappa shape index (κ2) is 8.66. The minimum Gasteiger partial charge on any atom is -0.497 e. The van der Waals surface area contributed by atoms with Gasteiger partial charge in [-0.3, -0.25) is 15.2 Å². The third-order valence-electron chi connectivity index (χ3n) is 4.93.